The molecular weight excluding hydrogens is 347 g/mol. The summed E-state index contributed by atoms with van der Waals surface area (Å²) in [5, 5.41) is 9.85. The molecule has 10 heteroatoms. The largest absolute Gasteiger partial charge is 0.390 e. The second-order valence-electron chi connectivity index (χ2n) is 5.73. The molecule has 4 rings (SSSR count). The summed E-state index contributed by atoms with van der Waals surface area (Å²) >= 11 is 0. The van der Waals surface area contributed by atoms with Crippen LogP contribution in [0.4, 0.5) is 24.9 Å². The number of pyridine rings is 1. The molecule has 0 aliphatic carbocycles. The Kier molecular flexibility index (Phi) is 3.94. The average molecular weight is 361 g/mol. The van der Waals surface area contributed by atoms with Gasteiger partial charge in [0.2, 0.25) is 5.95 Å². The predicted molar refractivity (Wildman–Crippen MR) is 89.7 cm³/mol. The molecule has 7 nitrogen and oxygen atoms in total. The third kappa shape index (κ3) is 3.30. The Balaban J connectivity index is 1.58. The van der Waals surface area contributed by atoms with Crippen LogP contribution in [0, 0.1) is 0 Å². The number of hydrogen-bond acceptors (Lipinski definition) is 6. The Morgan fingerprint density at radius 2 is 2.12 bits per heavy atom. The third-order valence-corrected chi connectivity index (χ3v) is 3.93. The molecular formula is C16H14F3N7. The Morgan fingerprint density at radius 3 is 2.96 bits per heavy atom. The lowest BCUT2D eigenvalue weighted by Gasteiger charge is -2.19. The first-order valence-corrected chi connectivity index (χ1v) is 7.91. The predicted octanol–water partition coefficient (Wildman–Crippen LogP) is 2.74. The summed E-state index contributed by atoms with van der Waals surface area (Å²) in [6.07, 6.45) is 1.78. The smallest absolute Gasteiger partial charge is 0.366 e. The molecule has 0 bridgehead atoms. The second kappa shape index (κ2) is 6.28. The van der Waals surface area contributed by atoms with Crippen molar-refractivity contribution in [2.75, 3.05) is 23.7 Å². The molecule has 2 N–H and O–H groups in total. The second-order valence-corrected chi connectivity index (χ2v) is 5.73. The molecule has 0 aromatic carbocycles. The van der Waals surface area contributed by atoms with Crippen molar-refractivity contribution in [3.8, 4) is 0 Å². The number of halogens is 3. The highest BCUT2D eigenvalue weighted by atomic mass is 19.4. The van der Waals surface area contributed by atoms with E-state index < -0.39 is 12.6 Å². The van der Waals surface area contributed by atoms with E-state index in [-0.39, 0.29) is 12.5 Å². The standard InChI is InChI=1S/C16H14F3N7/c17-16(18,19)4-6-21-15-22-7-12-11(3-5-20-14(12)25-15)10-1-2-13-23-9-24-26(13)8-10/h1-3,7-9H,4-6H2,(H2,20,21,22,25). The fourth-order valence-electron chi connectivity index (χ4n) is 2.72. The first-order chi connectivity index (χ1) is 12.5. The maximum atomic E-state index is 12.2. The molecule has 26 heavy (non-hydrogen) atoms. The summed E-state index contributed by atoms with van der Waals surface area (Å²) in [7, 11) is 0. The number of rotatable bonds is 4. The minimum atomic E-state index is -4.21. The van der Waals surface area contributed by atoms with Crippen LogP contribution < -0.4 is 10.6 Å². The first-order valence-electron chi connectivity index (χ1n) is 7.91. The van der Waals surface area contributed by atoms with Crippen molar-refractivity contribution in [2.24, 2.45) is 0 Å². The molecule has 3 aromatic heterocycles. The van der Waals surface area contributed by atoms with Gasteiger partial charge in [0.15, 0.2) is 5.65 Å². The van der Waals surface area contributed by atoms with E-state index in [0.717, 1.165) is 22.3 Å². The highest BCUT2D eigenvalue weighted by molar-refractivity contribution is 5.87. The number of nitrogens with zero attached hydrogens (tertiary/aromatic N) is 5. The van der Waals surface area contributed by atoms with Crippen LogP contribution in [0.25, 0.3) is 11.2 Å². The van der Waals surface area contributed by atoms with Crippen LogP contribution in [0.1, 0.15) is 17.5 Å². The van der Waals surface area contributed by atoms with Crippen LogP contribution in [0.15, 0.2) is 36.9 Å². The van der Waals surface area contributed by atoms with Gasteiger partial charge in [0.25, 0.3) is 0 Å². The van der Waals surface area contributed by atoms with Gasteiger partial charge < -0.3 is 10.6 Å². The zero-order valence-corrected chi connectivity index (χ0v) is 13.5. The van der Waals surface area contributed by atoms with Gasteiger partial charge in [0.1, 0.15) is 12.1 Å². The molecule has 1 aliphatic heterocycles. The maximum absolute atomic E-state index is 12.2. The Bertz CT molecular complexity index is 977. The first kappa shape index (κ1) is 16.3. The van der Waals surface area contributed by atoms with Gasteiger partial charge in [0.05, 0.1) is 6.42 Å². The van der Waals surface area contributed by atoms with Gasteiger partial charge in [-0.3, -0.25) is 0 Å². The zero-order chi connectivity index (χ0) is 18.1. The van der Waals surface area contributed by atoms with Gasteiger partial charge >= 0.3 is 6.18 Å². The van der Waals surface area contributed by atoms with Crippen LogP contribution in [0.3, 0.4) is 0 Å². The van der Waals surface area contributed by atoms with E-state index in [1.54, 1.807) is 10.7 Å². The fourth-order valence-corrected chi connectivity index (χ4v) is 2.72. The molecule has 0 saturated heterocycles. The van der Waals surface area contributed by atoms with E-state index >= 15 is 0 Å². The van der Waals surface area contributed by atoms with Gasteiger partial charge in [-0.2, -0.15) is 23.3 Å². The lowest BCUT2D eigenvalue weighted by Crippen LogP contribution is -2.17. The molecule has 0 spiro atoms. The number of nitrogens with one attached hydrogen (secondary N) is 2. The van der Waals surface area contributed by atoms with Gasteiger partial charge in [-0.25, -0.2) is 14.5 Å². The van der Waals surface area contributed by atoms with Crippen molar-refractivity contribution < 1.29 is 13.2 Å². The summed E-state index contributed by atoms with van der Waals surface area (Å²) in [5.74, 6) is 0.735. The van der Waals surface area contributed by atoms with Gasteiger partial charge in [-0.15, -0.1) is 0 Å². The lowest BCUT2D eigenvalue weighted by molar-refractivity contribution is -0.131. The number of fused-ring (bicyclic) bond motifs is 2. The van der Waals surface area contributed by atoms with E-state index in [9.17, 15) is 13.2 Å². The van der Waals surface area contributed by atoms with Gasteiger partial charge in [0, 0.05) is 36.6 Å². The van der Waals surface area contributed by atoms with Crippen molar-refractivity contribution >= 4 is 23.0 Å². The molecule has 134 valence electrons. The normalized spacial score (nSPS) is 13.9. The zero-order valence-electron chi connectivity index (χ0n) is 13.5. The maximum Gasteiger partial charge on any atom is 0.390 e. The van der Waals surface area contributed by atoms with Crippen molar-refractivity contribution in [2.45, 2.75) is 12.6 Å². The van der Waals surface area contributed by atoms with E-state index in [1.165, 1.54) is 6.33 Å². The van der Waals surface area contributed by atoms with Crippen LogP contribution in [-0.2, 0) is 0 Å². The highest BCUT2D eigenvalue weighted by Crippen LogP contribution is 2.31. The van der Waals surface area contributed by atoms with Crippen LogP contribution >= 0.6 is 0 Å². The van der Waals surface area contributed by atoms with E-state index in [0.29, 0.717) is 12.4 Å². The lowest BCUT2D eigenvalue weighted by atomic mass is 9.98. The fraction of sp³-hybridized carbons (Fsp3) is 0.250. The number of alkyl halides is 3. The molecule has 1 aliphatic rings. The van der Waals surface area contributed by atoms with E-state index in [2.05, 4.69) is 30.7 Å². The highest BCUT2D eigenvalue weighted by Gasteiger charge is 2.26. The minimum Gasteiger partial charge on any atom is -0.366 e. The molecule has 0 fully saturated rings. The number of aromatic nitrogens is 5. The molecule has 0 amide bonds. The van der Waals surface area contributed by atoms with Gasteiger partial charge in [-0.1, -0.05) is 6.08 Å². The summed E-state index contributed by atoms with van der Waals surface area (Å²) < 4.78 is 38.4. The van der Waals surface area contributed by atoms with Crippen LogP contribution in [0.2, 0.25) is 0 Å². The topological polar surface area (TPSA) is 80.0 Å². The van der Waals surface area contributed by atoms with Crippen molar-refractivity contribution in [3.05, 3.63) is 48.1 Å². The summed E-state index contributed by atoms with van der Waals surface area (Å²) in [4.78, 5) is 12.5. The molecule has 0 atom stereocenters. The third-order valence-electron chi connectivity index (χ3n) is 3.93. The average Bonchev–Trinajstić information content (AvgIpc) is 3.07. The van der Waals surface area contributed by atoms with Crippen LogP contribution in [-0.4, -0.2) is 43.8 Å². The van der Waals surface area contributed by atoms with Gasteiger partial charge in [-0.05, 0) is 17.7 Å². The van der Waals surface area contributed by atoms with Crippen LogP contribution in [0.5, 0.6) is 0 Å². The van der Waals surface area contributed by atoms with Crippen molar-refractivity contribution in [1.82, 2.24) is 24.6 Å². The SMILES string of the molecule is FC(F)(F)CCNc1ncc2c(n1)NCC=C2c1ccc2ncnn2c1. The molecule has 4 heterocycles. The van der Waals surface area contributed by atoms with E-state index in [4.69, 9.17) is 0 Å². The molecule has 0 unspecified atom stereocenters. The molecule has 3 aromatic rings. The quantitative estimate of drug-likeness (QED) is 0.744. The number of hydrogen-bond donors (Lipinski definition) is 2. The minimum absolute atomic E-state index is 0.161. The molecule has 0 saturated carbocycles. The number of anilines is 2. The Hall–Kier alpha value is -3.17. The molecule has 0 radical (unpaired) electrons. The summed E-state index contributed by atoms with van der Waals surface area (Å²) in [6.45, 7) is 0.282. The van der Waals surface area contributed by atoms with Crippen molar-refractivity contribution in [1.29, 1.82) is 0 Å². The van der Waals surface area contributed by atoms with Crippen molar-refractivity contribution in [3.63, 3.8) is 0 Å². The Morgan fingerprint density at radius 1 is 1.23 bits per heavy atom. The monoisotopic (exact) mass is 361 g/mol. The Labute approximate surface area is 146 Å². The summed E-state index contributed by atoms with van der Waals surface area (Å²) in [6, 6.07) is 3.79. The van der Waals surface area contributed by atoms with E-state index in [1.807, 2.05) is 24.4 Å². The summed E-state index contributed by atoms with van der Waals surface area (Å²) in [5.41, 5.74) is 3.37.